The molecule has 30 heavy (non-hydrogen) atoms. The Kier molecular flexibility index (Phi) is 5.45. The van der Waals surface area contributed by atoms with E-state index in [2.05, 4.69) is 9.97 Å². The van der Waals surface area contributed by atoms with Crippen molar-refractivity contribution in [2.24, 2.45) is 0 Å². The lowest BCUT2D eigenvalue weighted by atomic mass is 10.2. The van der Waals surface area contributed by atoms with Gasteiger partial charge in [-0.25, -0.2) is 4.79 Å². The number of anilines is 1. The fraction of sp³-hybridized carbons (Fsp3) is 0.0909. The van der Waals surface area contributed by atoms with Crippen LogP contribution in [0.4, 0.5) is 5.69 Å². The van der Waals surface area contributed by atoms with Crippen LogP contribution >= 0.6 is 11.6 Å². The number of aromatic amines is 1. The van der Waals surface area contributed by atoms with Gasteiger partial charge in [0.2, 0.25) is 5.91 Å². The van der Waals surface area contributed by atoms with E-state index >= 15 is 0 Å². The molecule has 4 rings (SSSR count). The molecule has 2 heterocycles. The lowest BCUT2D eigenvalue weighted by molar-refractivity contribution is -0.119. The maximum Gasteiger partial charge on any atom is 0.329 e. The molecular weight excluding hydrogens is 404 g/mol. The van der Waals surface area contributed by atoms with Crippen molar-refractivity contribution < 1.29 is 4.79 Å². The van der Waals surface area contributed by atoms with Crippen LogP contribution in [0, 0.1) is 0 Å². The van der Waals surface area contributed by atoms with E-state index in [4.69, 9.17) is 11.6 Å². The van der Waals surface area contributed by atoms with Gasteiger partial charge in [-0.15, -0.1) is 0 Å². The lowest BCUT2D eigenvalue weighted by Gasteiger charge is -2.23. The first-order valence-corrected chi connectivity index (χ1v) is 9.58. The van der Waals surface area contributed by atoms with Gasteiger partial charge >= 0.3 is 5.69 Å². The van der Waals surface area contributed by atoms with Crippen LogP contribution in [0.1, 0.15) is 5.69 Å². The molecule has 0 atom stereocenters. The molecular formula is C22H17ClN4O3. The van der Waals surface area contributed by atoms with Gasteiger partial charge < -0.3 is 9.88 Å². The maximum absolute atomic E-state index is 13.2. The average Bonchev–Trinajstić information content (AvgIpc) is 2.76. The Hall–Kier alpha value is -3.71. The molecule has 0 radical (unpaired) electrons. The van der Waals surface area contributed by atoms with Crippen LogP contribution in [-0.4, -0.2) is 20.4 Å². The van der Waals surface area contributed by atoms with Gasteiger partial charge in [0.1, 0.15) is 6.54 Å². The molecule has 4 aromatic rings. The fourth-order valence-corrected chi connectivity index (χ4v) is 3.29. The van der Waals surface area contributed by atoms with E-state index in [0.29, 0.717) is 27.3 Å². The molecule has 1 amide bonds. The predicted molar refractivity (Wildman–Crippen MR) is 116 cm³/mol. The van der Waals surface area contributed by atoms with Crippen molar-refractivity contribution in [2.45, 2.75) is 13.1 Å². The predicted octanol–water partition coefficient (Wildman–Crippen LogP) is 2.97. The topological polar surface area (TPSA) is 88.1 Å². The highest BCUT2D eigenvalue weighted by Crippen LogP contribution is 2.20. The fourth-order valence-electron chi connectivity index (χ4n) is 3.16. The molecule has 0 aliphatic carbocycles. The molecule has 0 fully saturated rings. The Morgan fingerprint density at radius 3 is 2.47 bits per heavy atom. The number of H-pyrrole nitrogens is 1. The number of hydrogen-bond donors (Lipinski definition) is 1. The number of carbonyl (C=O) groups excluding carboxylic acids is 1. The molecule has 0 unspecified atom stereocenters. The van der Waals surface area contributed by atoms with Gasteiger partial charge in [0.15, 0.2) is 0 Å². The number of rotatable bonds is 5. The molecule has 0 bridgehead atoms. The van der Waals surface area contributed by atoms with Gasteiger partial charge in [-0.3, -0.25) is 19.1 Å². The van der Waals surface area contributed by atoms with Gasteiger partial charge in [0, 0.05) is 16.9 Å². The van der Waals surface area contributed by atoms with Crippen molar-refractivity contribution in [1.29, 1.82) is 0 Å². The van der Waals surface area contributed by atoms with E-state index in [9.17, 15) is 14.4 Å². The Morgan fingerprint density at radius 1 is 1.00 bits per heavy atom. The third-order valence-electron chi connectivity index (χ3n) is 4.67. The number of fused-ring (bicyclic) bond motifs is 1. The summed E-state index contributed by atoms with van der Waals surface area (Å²) in [5.41, 5.74) is 0.526. The number of nitrogens with one attached hydrogen (secondary N) is 1. The summed E-state index contributed by atoms with van der Waals surface area (Å²) in [6, 6.07) is 18.8. The zero-order valence-electron chi connectivity index (χ0n) is 15.8. The number of nitrogens with zero attached hydrogens (tertiary/aromatic N) is 3. The zero-order chi connectivity index (χ0) is 21.1. The summed E-state index contributed by atoms with van der Waals surface area (Å²) in [6.45, 7) is -0.226. The number of hydrogen-bond acceptors (Lipinski definition) is 4. The number of para-hydroxylation sites is 1. The Bertz CT molecular complexity index is 1310. The number of carbonyl (C=O) groups is 1. The summed E-state index contributed by atoms with van der Waals surface area (Å²) >= 11 is 5.98. The molecule has 2 aromatic heterocycles. The molecule has 0 aliphatic rings. The highest BCUT2D eigenvalue weighted by Gasteiger charge is 2.20. The van der Waals surface area contributed by atoms with E-state index in [-0.39, 0.29) is 6.54 Å². The Labute approximate surface area is 176 Å². The average molecular weight is 421 g/mol. The minimum absolute atomic E-state index is 0.182. The second-order valence-corrected chi connectivity index (χ2v) is 7.08. The molecule has 8 heteroatoms. The third-order valence-corrected chi connectivity index (χ3v) is 4.92. The van der Waals surface area contributed by atoms with Crippen LogP contribution < -0.4 is 16.1 Å². The summed E-state index contributed by atoms with van der Waals surface area (Å²) in [5, 5.41) is 0.874. The molecule has 2 aromatic carbocycles. The smallest absolute Gasteiger partial charge is 0.307 e. The summed E-state index contributed by atoms with van der Waals surface area (Å²) < 4.78 is 0.909. The van der Waals surface area contributed by atoms with E-state index in [0.717, 1.165) is 4.57 Å². The van der Waals surface area contributed by atoms with Crippen LogP contribution in [-0.2, 0) is 17.9 Å². The number of benzene rings is 2. The standard InChI is InChI=1S/C22H17ClN4O3/c23-15-8-10-17(11-9-15)26(13-16-5-3-4-12-24-16)20(28)14-27-21(29)18-6-1-2-7-19(18)25-22(27)30/h1-12H,13-14H2,(H,25,30). The van der Waals surface area contributed by atoms with Crippen molar-refractivity contribution in [3.8, 4) is 0 Å². The highest BCUT2D eigenvalue weighted by molar-refractivity contribution is 6.30. The number of amides is 1. The summed E-state index contributed by atoms with van der Waals surface area (Å²) in [6.07, 6.45) is 1.64. The van der Waals surface area contributed by atoms with E-state index < -0.39 is 23.7 Å². The first kappa shape index (κ1) is 19.6. The van der Waals surface area contributed by atoms with Crippen molar-refractivity contribution in [2.75, 3.05) is 4.90 Å². The number of pyridine rings is 1. The second kappa shape index (κ2) is 8.34. The molecule has 1 N–H and O–H groups in total. The molecule has 0 aliphatic heterocycles. The van der Waals surface area contributed by atoms with Crippen molar-refractivity contribution in [3.63, 3.8) is 0 Å². The van der Waals surface area contributed by atoms with Gasteiger partial charge in [0.25, 0.3) is 5.56 Å². The summed E-state index contributed by atoms with van der Waals surface area (Å²) in [4.78, 5) is 46.8. The van der Waals surface area contributed by atoms with Crippen molar-refractivity contribution in [3.05, 3.63) is 104 Å². The molecule has 0 saturated heterocycles. The maximum atomic E-state index is 13.2. The monoisotopic (exact) mass is 420 g/mol. The largest absolute Gasteiger partial charge is 0.329 e. The minimum Gasteiger partial charge on any atom is -0.307 e. The van der Waals surface area contributed by atoms with Gasteiger partial charge in [-0.1, -0.05) is 29.8 Å². The van der Waals surface area contributed by atoms with Crippen molar-refractivity contribution >= 4 is 34.1 Å². The Morgan fingerprint density at radius 2 is 1.73 bits per heavy atom. The number of aromatic nitrogens is 3. The number of halogens is 1. The van der Waals surface area contributed by atoms with Crippen LogP contribution in [0.5, 0.6) is 0 Å². The molecule has 0 spiro atoms. The van der Waals surface area contributed by atoms with Crippen LogP contribution in [0.15, 0.2) is 82.5 Å². The quantitative estimate of drug-likeness (QED) is 0.537. The zero-order valence-corrected chi connectivity index (χ0v) is 16.5. The van der Waals surface area contributed by atoms with Gasteiger partial charge in [0.05, 0.1) is 23.1 Å². The summed E-state index contributed by atoms with van der Waals surface area (Å²) in [5.74, 6) is -0.425. The first-order chi connectivity index (χ1) is 14.5. The molecule has 150 valence electrons. The van der Waals surface area contributed by atoms with Crippen molar-refractivity contribution in [1.82, 2.24) is 14.5 Å². The molecule has 0 saturated carbocycles. The van der Waals surface area contributed by atoms with E-state index in [1.165, 1.54) is 4.90 Å². The Balaban J connectivity index is 1.72. The normalized spacial score (nSPS) is 10.8. The van der Waals surface area contributed by atoms with Gasteiger partial charge in [-0.05, 0) is 48.5 Å². The van der Waals surface area contributed by atoms with Gasteiger partial charge in [-0.2, -0.15) is 0 Å². The van der Waals surface area contributed by atoms with Crippen LogP contribution in [0.2, 0.25) is 5.02 Å². The highest BCUT2D eigenvalue weighted by atomic mass is 35.5. The summed E-state index contributed by atoms with van der Waals surface area (Å²) in [7, 11) is 0. The SMILES string of the molecule is O=C(Cn1c(=O)[nH]c2ccccc2c1=O)N(Cc1ccccn1)c1ccc(Cl)cc1. The second-order valence-electron chi connectivity index (χ2n) is 6.64. The first-order valence-electron chi connectivity index (χ1n) is 9.20. The van der Waals surface area contributed by atoms with E-state index in [1.54, 1.807) is 66.9 Å². The molecule has 7 nitrogen and oxygen atoms in total. The lowest BCUT2D eigenvalue weighted by Crippen LogP contribution is -2.42. The third kappa shape index (κ3) is 4.01. The van der Waals surface area contributed by atoms with Crippen LogP contribution in [0.25, 0.3) is 10.9 Å². The minimum atomic E-state index is -0.638. The van der Waals surface area contributed by atoms with Crippen LogP contribution in [0.3, 0.4) is 0 Å². The van der Waals surface area contributed by atoms with E-state index in [1.807, 2.05) is 6.07 Å².